The molecule has 6 heteroatoms. The first-order chi connectivity index (χ1) is 14.0. The summed E-state index contributed by atoms with van der Waals surface area (Å²) in [5, 5.41) is 2.98. The van der Waals surface area contributed by atoms with E-state index >= 15 is 0 Å². The summed E-state index contributed by atoms with van der Waals surface area (Å²) in [7, 11) is 0. The quantitative estimate of drug-likeness (QED) is 0.727. The van der Waals surface area contributed by atoms with Crippen LogP contribution in [0, 0.1) is 19.8 Å². The average Bonchev–Trinajstić information content (AvgIpc) is 3.26. The van der Waals surface area contributed by atoms with Gasteiger partial charge in [0.05, 0.1) is 13.0 Å². The highest BCUT2D eigenvalue weighted by molar-refractivity contribution is 5.79. The van der Waals surface area contributed by atoms with E-state index in [1.165, 1.54) is 18.4 Å². The van der Waals surface area contributed by atoms with Crippen molar-refractivity contribution in [3.63, 3.8) is 0 Å². The molecule has 6 nitrogen and oxygen atoms in total. The molecule has 0 unspecified atom stereocenters. The highest BCUT2D eigenvalue weighted by Crippen LogP contribution is 2.27. The summed E-state index contributed by atoms with van der Waals surface area (Å²) in [5.41, 5.74) is 2.32. The first-order valence-corrected chi connectivity index (χ1v) is 11.0. The van der Waals surface area contributed by atoms with Crippen LogP contribution in [0.3, 0.4) is 0 Å². The van der Waals surface area contributed by atoms with Gasteiger partial charge in [-0.3, -0.25) is 14.5 Å². The Bertz CT molecular complexity index is 693. The van der Waals surface area contributed by atoms with E-state index in [2.05, 4.69) is 23.2 Å². The summed E-state index contributed by atoms with van der Waals surface area (Å²) in [6, 6.07) is 5.97. The van der Waals surface area contributed by atoms with Gasteiger partial charge in [0, 0.05) is 45.2 Å². The van der Waals surface area contributed by atoms with Crippen molar-refractivity contribution < 1.29 is 14.3 Å². The number of rotatable bonds is 8. The van der Waals surface area contributed by atoms with Gasteiger partial charge in [-0.1, -0.05) is 25.0 Å². The fourth-order valence-electron chi connectivity index (χ4n) is 4.20. The molecule has 0 spiro atoms. The van der Waals surface area contributed by atoms with Gasteiger partial charge in [0.15, 0.2) is 0 Å². The van der Waals surface area contributed by atoms with Gasteiger partial charge >= 0.3 is 0 Å². The number of aryl methyl sites for hydroxylation is 1. The summed E-state index contributed by atoms with van der Waals surface area (Å²) in [6.07, 6.45) is 4.89. The lowest BCUT2D eigenvalue weighted by atomic mass is 10.1. The number of hydrogen-bond donors (Lipinski definition) is 1. The average molecular weight is 402 g/mol. The number of carbonyl (C=O) groups is 2. The van der Waals surface area contributed by atoms with Crippen molar-refractivity contribution in [3.8, 4) is 5.75 Å². The molecular formula is C23H35N3O3. The van der Waals surface area contributed by atoms with Crippen molar-refractivity contribution in [1.29, 1.82) is 0 Å². The Labute approximate surface area is 174 Å². The number of carbonyl (C=O) groups excluding carboxylic acids is 2. The first kappa shape index (κ1) is 21.6. The smallest absolute Gasteiger partial charge is 0.225 e. The molecule has 29 heavy (non-hydrogen) atoms. The third-order valence-electron chi connectivity index (χ3n) is 6.28. The Balaban J connectivity index is 1.27. The van der Waals surface area contributed by atoms with E-state index in [0.717, 1.165) is 56.9 Å². The van der Waals surface area contributed by atoms with Crippen molar-refractivity contribution in [1.82, 2.24) is 15.1 Å². The maximum Gasteiger partial charge on any atom is 0.225 e. The van der Waals surface area contributed by atoms with E-state index in [1.54, 1.807) is 0 Å². The van der Waals surface area contributed by atoms with Crippen LogP contribution in [0.4, 0.5) is 0 Å². The number of nitrogens with zero attached hydrogens (tertiary/aromatic N) is 2. The van der Waals surface area contributed by atoms with Gasteiger partial charge in [-0.05, 0) is 43.9 Å². The van der Waals surface area contributed by atoms with E-state index in [0.29, 0.717) is 25.5 Å². The predicted molar refractivity (Wildman–Crippen MR) is 114 cm³/mol. The maximum atomic E-state index is 12.5. The molecule has 1 heterocycles. The van der Waals surface area contributed by atoms with Crippen LogP contribution in [-0.2, 0) is 9.59 Å². The first-order valence-electron chi connectivity index (χ1n) is 11.0. The zero-order valence-corrected chi connectivity index (χ0v) is 17.9. The minimum absolute atomic E-state index is 0.0188. The summed E-state index contributed by atoms with van der Waals surface area (Å²) < 4.78 is 5.75. The fourth-order valence-corrected chi connectivity index (χ4v) is 4.20. The van der Waals surface area contributed by atoms with Gasteiger partial charge in [-0.25, -0.2) is 0 Å². The molecule has 0 bridgehead atoms. The minimum atomic E-state index is 0.0188. The number of nitrogens with one attached hydrogen (secondary N) is 1. The molecule has 0 atom stereocenters. The molecule has 1 aliphatic heterocycles. The second-order valence-electron chi connectivity index (χ2n) is 8.29. The Morgan fingerprint density at radius 3 is 2.55 bits per heavy atom. The molecule has 3 rings (SSSR count). The summed E-state index contributed by atoms with van der Waals surface area (Å²) in [6.45, 7) is 9.35. The maximum absolute atomic E-state index is 12.5. The van der Waals surface area contributed by atoms with E-state index in [9.17, 15) is 9.59 Å². The van der Waals surface area contributed by atoms with Gasteiger partial charge in [0.2, 0.25) is 11.8 Å². The molecule has 1 saturated carbocycles. The van der Waals surface area contributed by atoms with Gasteiger partial charge in [-0.15, -0.1) is 0 Å². The van der Waals surface area contributed by atoms with Crippen LogP contribution in [0.1, 0.15) is 43.2 Å². The molecule has 1 saturated heterocycles. The molecule has 0 radical (unpaired) electrons. The fraction of sp³-hybridized carbons (Fsp3) is 0.652. The summed E-state index contributed by atoms with van der Waals surface area (Å²) in [4.78, 5) is 28.9. The molecule has 2 amide bonds. The van der Waals surface area contributed by atoms with Crippen molar-refractivity contribution in [2.24, 2.45) is 5.92 Å². The second-order valence-corrected chi connectivity index (χ2v) is 8.29. The summed E-state index contributed by atoms with van der Waals surface area (Å²) >= 11 is 0. The number of hydrogen-bond acceptors (Lipinski definition) is 4. The van der Waals surface area contributed by atoms with Crippen LogP contribution in [0.25, 0.3) is 0 Å². The van der Waals surface area contributed by atoms with Crippen LogP contribution in [0.5, 0.6) is 5.75 Å². The van der Waals surface area contributed by atoms with E-state index in [-0.39, 0.29) is 11.8 Å². The van der Waals surface area contributed by atoms with Crippen molar-refractivity contribution in [2.45, 2.75) is 46.0 Å². The molecule has 1 aromatic carbocycles. The molecule has 2 fully saturated rings. The second kappa shape index (κ2) is 10.6. The van der Waals surface area contributed by atoms with E-state index < -0.39 is 0 Å². The SMILES string of the molecule is Cc1cccc(OCCC(=O)NCCN2CCN(C(=O)C3CCCC3)CC2)c1C. The summed E-state index contributed by atoms with van der Waals surface area (Å²) in [5.74, 6) is 1.50. The Morgan fingerprint density at radius 2 is 1.83 bits per heavy atom. The van der Waals surface area contributed by atoms with Gasteiger partial charge < -0.3 is 15.0 Å². The Kier molecular flexibility index (Phi) is 7.92. The highest BCUT2D eigenvalue weighted by Gasteiger charge is 2.29. The molecule has 0 aromatic heterocycles. The lowest BCUT2D eigenvalue weighted by molar-refractivity contribution is -0.137. The van der Waals surface area contributed by atoms with Crippen molar-refractivity contribution in [2.75, 3.05) is 45.9 Å². The molecule has 2 aliphatic rings. The molecule has 160 valence electrons. The predicted octanol–water partition coefficient (Wildman–Crippen LogP) is 2.52. The van der Waals surface area contributed by atoms with Gasteiger partial charge in [-0.2, -0.15) is 0 Å². The van der Waals surface area contributed by atoms with E-state index in [1.807, 2.05) is 24.0 Å². The minimum Gasteiger partial charge on any atom is -0.493 e. The van der Waals surface area contributed by atoms with Crippen molar-refractivity contribution >= 4 is 11.8 Å². The van der Waals surface area contributed by atoms with Crippen LogP contribution < -0.4 is 10.1 Å². The molecular weight excluding hydrogens is 366 g/mol. The standard InChI is InChI=1S/C23H35N3O3/c1-18-6-5-9-21(19(18)2)29-17-10-22(27)24-11-12-25-13-15-26(16-14-25)23(28)20-7-3-4-8-20/h5-6,9,20H,3-4,7-8,10-17H2,1-2H3,(H,24,27). The highest BCUT2D eigenvalue weighted by atomic mass is 16.5. The zero-order valence-electron chi connectivity index (χ0n) is 17.9. The van der Waals surface area contributed by atoms with Crippen molar-refractivity contribution in [3.05, 3.63) is 29.3 Å². The third kappa shape index (κ3) is 6.20. The molecule has 1 aromatic rings. The lowest BCUT2D eigenvalue weighted by Gasteiger charge is -2.36. The van der Waals surface area contributed by atoms with E-state index in [4.69, 9.17) is 4.74 Å². The molecule has 1 aliphatic carbocycles. The number of piperazine rings is 1. The topological polar surface area (TPSA) is 61.9 Å². The largest absolute Gasteiger partial charge is 0.493 e. The monoisotopic (exact) mass is 401 g/mol. The molecule has 1 N–H and O–H groups in total. The normalized spacial score (nSPS) is 18.1. The van der Waals surface area contributed by atoms with Crippen LogP contribution in [0.2, 0.25) is 0 Å². The lowest BCUT2D eigenvalue weighted by Crippen LogP contribution is -2.51. The van der Waals surface area contributed by atoms with Crippen LogP contribution in [0.15, 0.2) is 18.2 Å². The Hall–Kier alpha value is -2.08. The van der Waals surface area contributed by atoms with Crippen LogP contribution >= 0.6 is 0 Å². The number of benzene rings is 1. The number of amides is 2. The zero-order chi connectivity index (χ0) is 20.6. The van der Waals surface area contributed by atoms with Gasteiger partial charge in [0.25, 0.3) is 0 Å². The van der Waals surface area contributed by atoms with Gasteiger partial charge in [0.1, 0.15) is 5.75 Å². The number of ether oxygens (including phenoxy) is 1. The van der Waals surface area contributed by atoms with Crippen LogP contribution in [-0.4, -0.2) is 67.5 Å². The third-order valence-corrected chi connectivity index (χ3v) is 6.28. The Morgan fingerprint density at radius 1 is 1.10 bits per heavy atom.